The van der Waals surface area contributed by atoms with Crippen molar-refractivity contribution in [1.82, 2.24) is 4.90 Å². The third-order valence-corrected chi connectivity index (χ3v) is 5.21. The molecule has 6 nitrogen and oxygen atoms in total. The molecule has 1 aliphatic heterocycles. The van der Waals surface area contributed by atoms with Crippen molar-refractivity contribution in [1.29, 1.82) is 0 Å². The molecule has 1 atom stereocenters. The minimum Gasteiger partial charge on any atom is -0.479 e. The third-order valence-electron chi connectivity index (χ3n) is 5.21. The van der Waals surface area contributed by atoms with E-state index in [-0.39, 0.29) is 17.2 Å². The van der Waals surface area contributed by atoms with Crippen molar-refractivity contribution in [2.45, 2.75) is 39.2 Å². The number of carbonyl (C=O) groups is 2. The number of carbonyl (C=O) groups excluding carboxylic acids is 2. The molecule has 2 aromatic carbocycles. The summed E-state index contributed by atoms with van der Waals surface area (Å²) in [4.78, 5) is 29.0. The van der Waals surface area contributed by atoms with Crippen molar-refractivity contribution in [3.05, 3.63) is 53.6 Å². The lowest BCUT2D eigenvalue weighted by molar-refractivity contribution is -0.125. The molecule has 0 spiro atoms. The molecule has 2 aromatic rings. The van der Waals surface area contributed by atoms with Crippen LogP contribution in [0.2, 0.25) is 0 Å². The molecule has 0 radical (unpaired) electrons. The highest BCUT2D eigenvalue weighted by Gasteiger charge is 2.31. The number of rotatable bonds is 5. The molecule has 3 rings (SSSR count). The minimum atomic E-state index is -0.560. The molecule has 30 heavy (non-hydrogen) atoms. The van der Waals surface area contributed by atoms with E-state index in [1.165, 1.54) is 5.56 Å². The Morgan fingerprint density at radius 2 is 1.80 bits per heavy atom. The van der Waals surface area contributed by atoms with Crippen LogP contribution in [0.3, 0.4) is 0 Å². The van der Waals surface area contributed by atoms with Crippen LogP contribution >= 0.6 is 0 Å². The fourth-order valence-electron chi connectivity index (χ4n) is 3.34. The van der Waals surface area contributed by atoms with Gasteiger partial charge in [0.2, 0.25) is 0 Å². The van der Waals surface area contributed by atoms with Gasteiger partial charge in [0.25, 0.3) is 11.8 Å². The highest BCUT2D eigenvalue weighted by molar-refractivity contribution is 6.05. The van der Waals surface area contributed by atoms with Gasteiger partial charge in [-0.2, -0.15) is 0 Å². The number of nitrogens with zero attached hydrogens (tertiary/aromatic N) is 2. The summed E-state index contributed by atoms with van der Waals surface area (Å²) in [6.45, 7) is 9.50. The maximum atomic E-state index is 12.7. The Balaban J connectivity index is 1.78. The second-order valence-electron chi connectivity index (χ2n) is 9.02. The number of hydrogen-bond acceptors (Lipinski definition) is 4. The van der Waals surface area contributed by atoms with Crippen molar-refractivity contribution >= 4 is 23.2 Å². The van der Waals surface area contributed by atoms with Gasteiger partial charge in [-0.1, -0.05) is 32.9 Å². The van der Waals surface area contributed by atoms with Crippen LogP contribution < -0.4 is 15.0 Å². The maximum Gasteiger partial charge on any atom is 0.267 e. The lowest BCUT2D eigenvalue weighted by Gasteiger charge is -2.34. The van der Waals surface area contributed by atoms with Gasteiger partial charge in [-0.05, 0) is 56.3 Å². The van der Waals surface area contributed by atoms with E-state index >= 15 is 0 Å². The highest BCUT2D eigenvalue weighted by atomic mass is 16.5. The summed E-state index contributed by atoms with van der Waals surface area (Å²) < 4.78 is 5.81. The molecular weight excluding hydrogens is 378 g/mol. The van der Waals surface area contributed by atoms with Crippen LogP contribution in [0.5, 0.6) is 5.75 Å². The minimum absolute atomic E-state index is 0.0391. The van der Waals surface area contributed by atoms with E-state index in [2.05, 4.69) is 26.1 Å². The molecule has 0 saturated carbocycles. The Kier molecular flexibility index (Phi) is 6.17. The Labute approximate surface area is 178 Å². The highest BCUT2D eigenvalue weighted by Crippen LogP contribution is 2.36. The summed E-state index contributed by atoms with van der Waals surface area (Å²) in [6, 6.07) is 13.1. The molecule has 0 bridgehead atoms. The first-order valence-electron chi connectivity index (χ1n) is 10.2. The van der Waals surface area contributed by atoms with E-state index in [9.17, 15) is 9.59 Å². The zero-order chi connectivity index (χ0) is 22.1. The van der Waals surface area contributed by atoms with Crippen LogP contribution in [0.15, 0.2) is 42.5 Å². The smallest absolute Gasteiger partial charge is 0.267 e. The zero-order valence-corrected chi connectivity index (χ0v) is 18.7. The maximum absolute atomic E-state index is 12.7. The summed E-state index contributed by atoms with van der Waals surface area (Å²) in [5, 5.41) is 2.93. The predicted molar refractivity (Wildman–Crippen MR) is 121 cm³/mol. The zero-order valence-electron chi connectivity index (χ0n) is 18.7. The number of likely N-dealkylation sites (N-methyl/N-ethyl adjacent to an activating group) is 1. The van der Waals surface area contributed by atoms with E-state index in [1.807, 2.05) is 49.3 Å². The van der Waals surface area contributed by atoms with Crippen LogP contribution in [0.25, 0.3) is 0 Å². The van der Waals surface area contributed by atoms with Crippen LogP contribution in [-0.2, 0) is 10.2 Å². The van der Waals surface area contributed by atoms with Crippen LogP contribution in [0.1, 0.15) is 43.6 Å². The number of amides is 2. The molecular formula is C24H31N3O3. The molecule has 1 N–H and O–H groups in total. The fraction of sp³-hybridized carbons (Fsp3) is 0.417. The summed E-state index contributed by atoms with van der Waals surface area (Å²) in [6.07, 6.45) is -0.560. The average molecular weight is 410 g/mol. The van der Waals surface area contributed by atoms with Gasteiger partial charge >= 0.3 is 0 Å². The van der Waals surface area contributed by atoms with E-state index in [1.54, 1.807) is 24.0 Å². The Bertz CT molecular complexity index is 930. The number of nitrogens with one attached hydrogen (secondary N) is 1. The Morgan fingerprint density at radius 1 is 1.13 bits per heavy atom. The van der Waals surface area contributed by atoms with Gasteiger partial charge in [0, 0.05) is 30.4 Å². The van der Waals surface area contributed by atoms with Gasteiger partial charge in [-0.15, -0.1) is 0 Å². The fourth-order valence-corrected chi connectivity index (χ4v) is 3.34. The summed E-state index contributed by atoms with van der Waals surface area (Å²) in [5.74, 6) is 0.363. The number of ether oxygens (including phenoxy) is 1. The van der Waals surface area contributed by atoms with Gasteiger partial charge in [-0.3, -0.25) is 9.59 Å². The molecule has 2 amide bonds. The van der Waals surface area contributed by atoms with Crippen molar-refractivity contribution in [2.24, 2.45) is 0 Å². The van der Waals surface area contributed by atoms with Crippen LogP contribution in [0.4, 0.5) is 11.4 Å². The van der Waals surface area contributed by atoms with Crippen molar-refractivity contribution < 1.29 is 14.3 Å². The first kappa shape index (κ1) is 21.8. The lowest BCUT2D eigenvalue weighted by Crippen LogP contribution is -2.46. The van der Waals surface area contributed by atoms with Gasteiger partial charge in [-0.25, -0.2) is 0 Å². The normalized spacial score (nSPS) is 16.3. The molecule has 0 fully saturated rings. The van der Waals surface area contributed by atoms with Gasteiger partial charge in [0.15, 0.2) is 6.10 Å². The van der Waals surface area contributed by atoms with E-state index in [0.717, 1.165) is 12.2 Å². The van der Waals surface area contributed by atoms with Gasteiger partial charge in [0.05, 0.1) is 5.69 Å². The van der Waals surface area contributed by atoms with E-state index < -0.39 is 6.10 Å². The lowest BCUT2D eigenvalue weighted by atomic mass is 9.87. The molecule has 0 aliphatic carbocycles. The Hall–Kier alpha value is -2.86. The second-order valence-corrected chi connectivity index (χ2v) is 9.02. The van der Waals surface area contributed by atoms with Crippen LogP contribution in [0, 0.1) is 0 Å². The quantitative estimate of drug-likeness (QED) is 0.813. The second kappa shape index (κ2) is 8.48. The average Bonchev–Trinajstić information content (AvgIpc) is 2.67. The molecule has 6 heteroatoms. The van der Waals surface area contributed by atoms with Crippen LogP contribution in [-0.4, -0.2) is 50.0 Å². The molecule has 0 saturated heterocycles. The number of benzene rings is 2. The standard InChI is InChI=1S/C24H31N3O3/c1-16-23(29)27(14-13-26(5)6)20-12-11-19(15-21(20)30-16)25-22(28)17-7-9-18(10-8-17)24(2,3)4/h7-12,15-16H,13-14H2,1-6H3,(H,25,28). The number of hydrogen-bond donors (Lipinski definition) is 1. The van der Waals surface area contributed by atoms with Crippen molar-refractivity contribution in [2.75, 3.05) is 37.4 Å². The summed E-state index contributed by atoms with van der Waals surface area (Å²) in [5.41, 5.74) is 3.17. The molecule has 1 heterocycles. The summed E-state index contributed by atoms with van der Waals surface area (Å²) in [7, 11) is 3.95. The topological polar surface area (TPSA) is 61.9 Å². The summed E-state index contributed by atoms with van der Waals surface area (Å²) >= 11 is 0. The molecule has 1 aliphatic rings. The Morgan fingerprint density at radius 3 is 2.40 bits per heavy atom. The van der Waals surface area contributed by atoms with E-state index in [4.69, 9.17) is 4.74 Å². The molecule has 0 aromatic heterocycles. The predicted octanol–water partition coefficient (Wildman–Crippen LogP) is 3.91. The first-order valence-corrected chi connectivity index (χ1v) is 10.2. The SMILES string of the molecule is CC1Oc2cc(NC(=O)c3ccc(C(C)(C)C)cc3)ccc2N(CCN(C)C)C1=O. The van der Waals surface area contributed by atoms with Crippen molar-refractivity contribution in [3.63, 3.8) is 0 Å². The van der Waals surface area contributed by atoms with Gasteiger partial charge in [0.1, 0.15) is 5.75 Å². The molecule has 1 unspecified atom stereocenters. The van der Waals surface area contributed by atoms with Gasteiger partial charge < -0.3 is 19.9 Å². The first-order chi connectivity index (χ1) is 14.1. The van der Waals surface area contributed by atoms with Crippen molar-refractivity contribution in [3.8, 4) is 5.75 Å². The molecule has 160 valence electrons. The monoisotopic (exact) mass is 409 g/mol. The number of anilines is 2. The van der Waals surface area contributed by atoms with E-state index in [0.29, 0.717) is 23.5 Å². The number of fused-ring (bicyclic) bond motifs is 1. The third kappa shape index (κ3) is 4.82. The largest absolute Gasteiger partial charge is 0.479 e.